The van der Waals surface area contributed by atoms with Gasteiger partial charge in [0.25, 0.3) is 5.91 Å². The van der Waals surface area contributed by atoms with Crippen LogP contribution < -0.4 is 11.1 Å². The van der Waals surface area contributed by atoms with E-state index in [1.807, 2.05) is 0 Å². The molecule has 5 nitrogen and oxygen atoms in total. The smallest absolute Gasteiger partial charge is 0.286 e. The number of halogens is 3. The summed E-state index contributed by atoms with van der Waals surface area (Å²) in [6.07, 6.45) is 0. The summed E-state index contributed by atoms with van der Waals surface area (Å²) in [5, 5.41) is 2.18. The lowest BCUT2D eigenvalue weighted by Gasteiger charge is -2.02. The van der Waals surface area contributed by atoms with E-state index in [2.05, 4.69) is 21.2 Å². The molecule has 0 atom stereocenters. The Labute approximate surface area is 113 Å². The van der Waals surface area contributed by atoms with Gasteiger partial charge in [-0.15, -0.1) is 0 Å². The van der Waals surface area contributed by atoms with Crippen molar-refractivity contribution < 1.29 is 22.8 Å². The average molecular weight is 333 g/mol. The molecule has 0 aliphatic rings. The second-order valence-electron chi connectivity index (χ2n) is 3.62. The Morgan fingerprint density at radius 2 is 2.05 bits per heavy atom. The van der Waals surface area contributed by atoms with Crippen LogP contribution in [0.3, 0.4) is 0 Å². The van der Waals surface area contributed by atoms with Gasteiger partial charge in [0.15, 0.2) is 11.4 Å². The maximum atomic E-state index is 13.5. The second kappa shape index (κ2) is 4.96. The molecule has 0 saturated carbocycles. The molecule has 0 unspecified atom stereocenters. The molecule has 0 radical (unpaired) electrons. The standard InChI is InChI=1S/C11H7BrF2N2O3/c12-3-7(17)16-8-5-1-4(13)2-6(14)9(5)19-10(8)11(15)18/h1-2H,3H2,(H2,15,18)(H,16,17). The Balaban J connectivity index is 2.72. The summed E-state index contributed by atoms with van der Waals surface area (Å²) in [5.41, 5.74) is 4.58. The highest BCUT2D eigenvalue weighted by Crippen LogP contribution is 2.33. The molecule has 0 aliphatic heterocycles. The fraction of sp³-hybridized carbons (Fsp3) is 0.0909. The minimum absolute atomic E-state index is 0.0598. The van der Waals surface area contributed by atoms with Crippen LogP contribution in [0.15, 0.2) is 16.5 Å². The van der Waals surface area contributed by atoms with Crippen LogP contribution in [0.2, 0.25) is 0 Å². The summed E-state index contributed by atoms with van der Waals surface area (Å²) >= 11 is 2.91. The van der Waals surface area contributed by atoms with Gasteiger partial charge in [0, 0.05) is 6.07 Å². The third kappa shape index (κ3) is 2.43. The maximum absolute atomic E-state index is 13.5. The molecule has 1 heterocycles. The van der Waals surface area contributed by atoms with Crippen molar-refractivity contribution in [3.63, 3.8) is 0 Å². The summed E-state index contributed by atoms with van der Waals surface area (Å²) in [6.45, 7) is 0. The summed E-state index contributed by atoms with van der Waals surface area (Å²) in [5.74, 6) is -3.81. The monoisotopic (exact) mass is 332 g/mol. The summed E-state index contributed by atoms with van der Waals surface area (Å²) in [6, 6.07) is 1.55. The summed E-state index contributed by atoms with van der Waals surface area (Å²) < 4.78 is 31.6. The summed E-state index contributed by atoms with van der Waals surface area (Å²) in [4.78, 5) is 22.5. The lowest BCUT2D eigenvalue weighted by molar-refractivity contribution is -0.113. The Kier molecular flexibility index (Phi) is 3.52. The molecule has 0 aliphatic carbocycles. The number of fused-ring (bicyclic) bond motifs is 1. The molecule has 1 aromatic carbocycles. The molecule has 2 aromatic rings. The predicted octanol–water partition coefficient (Wildman–Crippen LogP) is 2.14. The van der Waals surface area contributed by atoms with Gasteiger partial charge < -0.3 is 15.5 Å². The van der Waals surface area contributed by atoms with Crippen molar-refractivity contribution in [3.8, 4) is 0 Å². The number of nitrogens with one attached hydrogen (secondary N) is 1. The van der Waals surface area contributed by atoms with Crippen LogP contribution in [0.5, 0.6) is 0 Å². The topological polar surface area (TPSA) is 85.3 Å². The van der Waals surface area contributed by atoms with Gasteiger partial charge in [-0.2, -0.15) is 0 Å². The highest BCUT2D eigenvalue weighted by Gasteiger charge is 2.23. The molecule has 2 amide bonds. The van der Waals surface area contributed by atoms with E-state index in [1.165, 1.54) is 0 Å². The number of alkyl halides is 1. The minimum Gasteiger partial charge on any atom is -0.446 e. The zero-order valence-electron chi connectivity index (χ0n) is 9.30. The number of hydrogen-bond donors (Lipinski definition) is 2. The van der Waals surface area contributed by atoms with Crippen LogP contribution in [-0.2, 0) is 4.79 Å². The zero-order chi connectivity index (χ0) is 14.2. The molecule has 0 bridgehead atoms. The van der Waals surface area contributed by atoms with Gasteiger partial charge in [-0.05, 0) is 6.07 Å². The third-order valence-corrected chi connectivity index (χ3v) is 2.83. The normalized spacial score (nSPS) is 10.7. The first-order valence-electron chi connectivity index (χ1n) is 5.01. The molecule has 0 fully saturated rings. The van der Waals surface area contributed by atoms with Crippen molar-refractivity contribution in [2.75, 3.05) is 10.6 Å². The van der Waals surface area contributed by atoms with Crippen LogP contribution in [0.25, 0.3) is 11.0 Å². The van der Waals surface area contributed by atoms with Gasteiger partial charge in [0.05, 0.1) is 10.7 Å². The van der Waals surface area contributed by atoms with Gasteiger partial charge in [0.2, 0.25) is 11.7 Å². The molecule has 1 aromatic heterocycles. The molecule has 8 heteroatoms. The lowest BCUT2D eigenvalue weighted by atomic mass is 10.2. The summed E-state index contributed by atoms with van der Waals surface area (Å²) in [7, 11) is 0. The van der Waals surface area contributed by atoms with Gasteiger partial charge in [-0.1, -0.05) is 15.9 Å². The van der Waals surface area contributed by atoms with E-state index < -0.39 is 29.2 Å². The van der Waals surface area contributed by atoms with Crippen LogP contribution in [-0.4, -0.2) is 17.1 Å². The lowest BCUT2D eigenvalue weighted by Crippen LogP contribution is -2.17. The first-order valence-corrected chi connectivity index (χ1v) is 6.13. The minimum atomic E-state index is -0.999. The SMILES string of the molecule is NC(=O)c1oc2c(F)cc(F)cc2c1NC(=O)CBr. The number of nitrogens with two attached hydrogens (primary N) is 1. The van der Waals surface area contributed by atoms with E-state index in [0.29, 0.717) is 6.07 Å². The van der Waals surface area contributed by atoms with Crippen LogP contribution >= 0.6 is 15.9 Å². The molecule has 100 valence electrons. The van der Waals surface area contributed by atoms with E-state index in [4.69, 9.17) is 10.2 Å². The quantitative estimate of drug-likeness (QED) is 0.844. The largest absolute Gasteiger partial charge is 0.446 e. The van der Waals surface area contributed by atoms with Gasteiger partial charge in [0.1, 0.15) is 11.5 Å². The van der Waals surface area contributed by atoms with Crippen LogP contribution in [0.1, 0.15) is 10.6 Å². The van der Waals surface area contributed by atoms with E-state index in [0.717, 1.165) is 6.07 Å². The first kappa shape index (κ1) is 13.5. The van der Waals surface area contributed by atoms with Gasteiger partial charge in [-0.3, -0.25) is 9.59 Å². The van der Waals surface area contributed by atoms with Crippen LogP contribution in [0.4, 0.5) is 14.5 Å². The highest BCUT2D eigenvalue weighted by atomic mass is 79.9. The third-order valence-electron chi connectivity index (χ3n) is 2.32. The number of primary amides is 1. The predicted molar refractivity (Wildman–Crippen MR) is 67.1 cm³/mol. The number of furan rings is 1. The van der Waals surface area contributed by atoms with Gasteiger partial charge in [-0.25, -0.2) is 8.78 Å². The number of amides is 2. The van der Waals surface area contributed by atoms with E-state index in [1.54, 1.807) is 0 Å². The number of hydrogen-bond acceptors (Lipinski definition) is 3. The average Bonchev–Trinajstić information content (AvgIpc) is 2.68. The van der Waals surface area contributed by atoms with Crippen molar-refractivity contribution in [1.29, 1.82) is 0 Å². The van der Waals surface area contributed by atoms with E-state index in [-0.39, 0.29) is 22.0 Å². The molecule has 0 saturated heterocycles. The fourth-order valence-electron chi connectivity index (χ4n) is 1.60. The fourth-order valence-corrected chi connectivity index (χ4v) is 1.74. The molecular weight excluding hydrogens is 326 g/mol. The molecule has 19 heavy (non-hydrogen) atoms. The Hall–Kier alpha value is -1.96. The first-order chi connectivity index (χ1) is 8.93. The van der Waals surface area contributed by atoms with Crippen molar-refractivity contribution in [1.82, 2.24) is 0 Å². The van der Waals surface area contributed by atoms with Crippen molar-refractivity contribution in [2.24, 2.45) is 5.73 Å². The molecular formula is C11H7BrF2N2O3. The van der Waals surface area contributed by atoms with E-state index in [9.17, 15) is 18.4 Å². The number of rotatable bonds is 3. The highest BCUT2D eigenvalue weighted by molar-refractivity contribution is 9.09. The maximum Gasteiger partial charge on any atom is 0.286 e. The van der Waals surface area contributed by atoms with Gasteiger partial charge >= 0.3 is 0 Å². The molecule has 2 rings (SSSR count). The number of benzene rings is 1. The van der Waals surface area contributed by atoms with Crippen molar-refractivity contribution in [2.45, 2.75) is 0 Å². The van der Waals surface area contributed by atoms with Crippen molar-refractivity contribution >= 4 is 44.4 Å². The number of anilines is 1. The Morgan fingerprint density at radius 3 is 2.63 bits per heavy atom. The molecule has 3 N–H and O–H groups in total. The number of carbonyl (C=O) groups excluding carboxylic acids is 2. The van der Waals surface area contributed by atoms with Crippen LogP contribution in [0, 0.1) is 11.6 Å². The van der Waals surface area contributed by atoms with E-state index >= 15 is 0 Å². The number of carbonyl (C=O) groups is 2. The zero-order valence-corrected chi connectivity index (χ0v) is 10.9. The molecule has 0 spiro atoms. The Morgan fingerprint density at radius 1 is 1.37 bits per heavy atom. The van der Waals surface area contributed by atoms with Crippen molar-refractivity contribution in [3.05, 3.63) is 29.5 Å². The second-order valence-corrected chi connectivity index (χ2v) is 4.18. The Bertz CT molecular complexity index is 684.